The summed E-state index contributed by atoms with van der Waals surface area (Å²) in [5.41, 5.74) is 0. The van der Waals surface area contributed by atoms with Crippen molar-refractivity contribution in [1.29, 1.82) is 0 Å². The lowest BCUT2D eigenvalue weighted by Crippen LogP contribution is -2.25. The molecule has 2 aromatic heterocycles. The number of ether oxygens (including phenoxy) is 2. The summed E-state index contributed by atoms with van der Waals surface area (Å²) in [4.78, 5) is 32.2. The molecule has 240 valence electrons. The number of aromatic nitrogens is 2. The molecule has 0 bridgehead atoms. The average Bonchev–Trinajstić information content (AvgIpc) is 3.99. The van der Waals surface area contributed by atoms with Crippen molar-refractivity contribution in [3.05, 3.63) is 60.9 Å². The highest BCUT2D eigenvalue weighted by Gasteiger charge is 2.31. The van der Waals surface area contributed by atoms with Crippen LogP contribution in [0.4, 0.5) is 11.6 Å². The molecule has 46 heavy (non-hydrogen) atoms. The van der Waals surface area contributed by atoms with Crippen LogP contribution in [0.5, 0.6) is 11.5 Å². The number of fused-ring (bicyclic) bond motifs is 2. The highest BCUT2D eigenvalue weighted by atomic mass is 16.5. The van der Waals surface area contributed by atoms with Crippen LogP contribution >= 0.6 is 0 Å². The molecule has 0 aliphatic heterocycles. The van der Waals surface area contributed by atoms with Gasteiger partial charge >= 0.3 is 0 Å². The molecular weight excluding hydrogens is 584 g/mol. The van der Waals surface area contributed by atoms with Gasteiger partial charge in [-0.05, 0) is 111 Å². The number of amides is 2. The van der Waals surface area contributed by atoms with Crippen molar-refractivity contribution in [2.75, 3.05) is 10.6 Å². The number of carbonyl (C=O) groups is 2. The topological polar surface area (TPSA) is 143 Å². The third-order valence-corrected chi connectivity index (χ3v) is 9.20. The van der Waals surface area contributed by atoms with Gasteiger partial charge in [0, 0.05) is 35.0 Å². The number of anilines is 2. The number of rotatable bonds is 8. The molecule has 2 aromatic carbocycles. The molecule has 10 nitrogen and oxygen atoms in total. The standard InChI is InChI=1S/2C18H20N2O3/c2*21-15-2-1-3-16(15)23-14-7-6-12-9-17(19-10-13(12)8-14)20-18(22)11-4-5-11/h2*6-11,15-16,21H,1-5H2,(H,19,20,22)/t2*15-,16+/m10/s1. The van der Waals surface area contributed by atoms with Gasteiger partial charge in [-0.15, -0.1) is 0 Å². The number of benzene rings is 2. The van der Waals surface area contributed by atoms with E-state index in [1.165, 1.54) is 0 Å². The molecular formula is C36H40N4O6. The van der Waals surface area contributed by atoms with E-state index in [-0.39, 0.29) is 48.1 Å². The predicted molar refractivity (Wildman–Crippen MR) is 175 cm³/mol. The fraction of sp³-hybridized carbons (Fsp3) is 0.444. The maximum atomic E-state index is 11.8. The lowest BCUT2D eigenvalue weighted by atomic mass is 10.1. The summed E-state index contributed by atoms with van der Waals surface area (Å²) in [6.07, 6.45) is 11.9. The molecule has 4 aliphatic rings. The summed E-state index contributed by atoms with van der Waals surface area (Å²) in [6, 6.07) is 15.3. The second kappa shape index (κ2) is 13.2. The molecule has 4 atom stereocenters. The van der Waals surface area contributed by atoms with Gasteiger partial charge in [-0.3, -0.25) is 9.59 Å². The van der Waals surface area contributed by atoms with E-state index < -0.39 is 0 Å². The van der Waals surface area contributed by atoms with Gasteiger partial charge < -0.3 is 30.3 Å². The Morgan fingerprint density at radius 1 is 0.587 bits per heavy atom. The van der Waals surface area contributed by atoms with E-state index in [0.717, 1.165) is 97.3 Å². The van der Waals surface area contributed by atoms with Crippen molar-refractivity contribution < 1.29 is 29.3 Å². The zero-order chi connectivity index (χ0) is 31.6. The quantitative estimate of drug-likeness (QED) is 0.194. The summed E-state index contributed by atoms with van der Waals surface area (Å²) in [6.45, 7) is 0. The summed E-state index contributed by atoms with van der Waals surface area (Å²) in [5, 5.41) is 29.4. The molecule has 2 amide bonds. The Labute approximate surface area is 267 Å². The Hall–Kier alpha value is -4.28. The van der Waals surface area contributed by atoms with Gasteiger partial charge in [0.15, 0.2) is 0 Å². The van der Waals surface area contributed by atoms with E-state index in [9.17, 15) is 19.8 Å². The molecule has 0 spiro atoms. The van der Waals surface area contributed by atoms with Crippen LogP contribution in [0, 0.1) is 11.8 Å². The number of carbonyl (C=O) groups excluding carboxylic acids is 2. The van der Waals surface area contributed by atoms with Crippen molar-refractivity contribution in [3.63, 3.8) is 0 Å². The fourth-order valence-corrected chi connectivity index (χ4v) is 6.11. The van der Waals surface area contributed by atoms with E-state index >= 15 is 0 Å². The van der Waals surface area contributed by atoms with Gasteiger partial charge in [0.05, 0.1) is 12.2 Å². The Morgan fingerprint density at radius 3 is 1.39 bits per heavy atom. The maximum absolute atomic E-state index is 11.8. The molecule has 0 saturated heterocycles. The summed E-state index contributed by atoms with van der Waals surface area (Å²) < 4.78 is 11.8. The minimum absolute atomic E-state index is 0.0621. The molecule has 0 radical (unpaired) electrons. The molecule has 4 aliphatic carbocycles. The Balaban J connectivity index is 0.000000147. The molecule has 4 fully saturated rings. The molecule has 10 heteroatoms. The number of hydrogen-bond acceptors (Lipinski definition) is 8. The second-order valence-corrected chi connectivity index (χ2v) is 13.0. The third kappa shape index (κ3) is 7.40. The van der Waals surface area contributed by atoms with Gasteiger partial charge in [-0.1, -0.05) is 12.1 Å². The zero-order valence-electron chi connectivity index (χ0n) is 25.7. The SMILES string of the molecule is O=C(Nc1cc2ccc(O[C@@H]3CCC[C@@H]3O)cc2cn1)C1CC1.O=C(Nc1cc2ccc(O[C@H]3CCC[C@H]3O)cc2cn1)C1CC1. The highest BCUT2D eigenvalue weighted by molar-refractivity contribution is 5.96. The molecule has 0 unspecified atom stereocenters. The van der Waals surface area contributed by atoms with Crippen LogP contribution in [0.1, 0.15) is 64.2 Å². The van der Waals surface area contributed by atoms with E-state index in [0.29, 0.717) is 11.6 Å². The first-order valence-electron chi connectivity index (χ1n) is 16.5. The van der Waals surface area contributed by atoms with Crippen LogP contribution < -0.4 is 20.1 Å². The molecule has 8 rings (SSSR count). The summed E-state index contributed by atoms with van der Waals surface area (Å²) in [5.74, 6) is 3.14. The van der Waals surface area contributed by atoms with Crippen molar-refractivity contribution >= 4 is 45.0 Å². The van der Waals surface area contributed by atoms with Crippen LogP contribution in [0.2, 0.25) is 0 Å². The van der Waals surface area contributed by atoms with Gasteiger partial charge in [-0.25, -0.2) is 9.97 Å². The Kier molecular flexibility index (Phi) is 8.73. The maximum Gasteiger partial charge on any atom is 0.228 e. The Bertz CT molecular complexity index is 1610. The van der Waals surface area contributed by atoms with Gasteiger partial charge in [0.2, 0.25) is 11.8 Å². The number of nitrogens with one attached hydrogen (secondary N) is 2. The largest absolute Gasteiger partial charge is 0.488 e. The number of aliphatic hydroxyl groups excluding tert-OH is 2. The fourth-order valence-electron chi connectivity index (χ4n) is 6.11. The van der Waals surface area contributed by atoms with E-state index in [2.05, 4.69) is 20.6 Å². The molecule has 4 N–H and O–H groups in total. The number of hydrogen-bond donors (Lipinski definition) is 4. The molecule has 4 aromatic rings. The van der Waals surface area contributed by atoms with Gasteiger partial charge in [0.1, 0.15) is 35.3 Å². The van der Waals surface area contributed by atoms with Crippen molar-refractivity contribution in [2.24, 2.45) is 11.8 Å². The minimum atomic E-state index is -0.371. The van der Waals surface area contributed by atoms with Gasteiger partial charge in [-0.2, -0.15) is 0 Å². The molecule has 4 saturated carbocycles. The van der Waals surface area contributed by atoms with Crippen LogP contribution in [0.3, 0.4) is 0 Å². The Morgan fingerprint density at radius 2 is 1.02 bits per heavy atom. The van der Waals surface area contributed by atoms with Crippen LogP contribution in [0.25, 0.3) is 21.5 Å². The average molecular weight is 625 g/mol. The monoisotopic (exact) mass is 624 g/mol. The zero-order valence-corrected chi connectivity index (χ0v) is 25.7. The number of nitrogens with zero attached hydrogens (tertiary/aromatic N) is 2. The molecule has 2 heterocycles. The number of pyridine rings is 2. The van der Waals surface area contributed by atoms with E-state index in [1.54, 1.807) is 12.4 Å². The lowest BCUT2D eigenvalue weighted by molar-refractivity contribution is -0.118. The van der Waals surface area contributed by atoms with Crippen LogP contribution in [-0.4, -0.2) is 56.4 Å². The normalized spacial score (nSPS) is 23.9. The second-order valence-electron chi connectivity index (χ2n) is 13.0. The minimum Gasteiger partial charge on any atom is -0.488 e. The smallest absolute Gasteiger partial charge is 0.228 e. The van der Waals surface area contributed by atoms with E-state index in [1.807, 2.05) is 48.5 Å². The lowest BCUT2D eigenvalue weighted by Gasteiger charge is -2.17. The summed E-state index contributed by atoms with van der Waals surface area (Å²) in [7, 11) is 0. The first kappa shape index (κ1) is 30.4. The first-order chi connectivity index (χ1) is 22.4. The van der Waals surface area contributed by atoms with E-state index in [4.69, 9.17) is 9.47 Å². The van der Waals surface area contributed by atoms with Crippen LogP contribution in [0.15, 0.2) is 60.9 Å². The first-order valence-corrected chi connectivity index (χ1v) is 16.5. The van der Waals surface area contributed by atoms with Gasteiger partial charge in [0.25, 0.3) is 0 Å². The highest BCUT2D eigenvalue weighted by Crippen LogP contribution is 2.32. The number of aliphatic hydroxyl groups is 2. The van der Waals surface area contributed by atoms with Crippen molar-refractivity contribution in [1.82, 2.24) is 9.97 Å². The third-order valence-electron chi connectivity index (χ3n) is 9.20. The van der Waals surface area contributed by atoms with Crippen molar-refractivity contribution in [2.45, 2.75) is 88.6 Å². The predicted octanol–water partition coefficient (Wildman–Crippen LogP) is 5.75. The van der Waals surface area contributed by atoms with Crippen LogP contribution in [-0.2, 0) is 9.59 Å². The van der Waals surface area contributed by atoms with Crippen molar-refractivity contribution in [3.8, 4) is 11.5 Å². The summed E-state index contributed by atoms with van der Waals surface area (Å²) >= 11 is 0.